The second-order valence-electron chi connectivity index (χ2n) is 5.53. The van der Waals surface area contributed by atoms with Gasteiger partial charge in [0, 0.05) is 28.0 Å². The minimum absolute atomic E-state index is 0.692. The summed E-state index contributed by atoms with van der Waals surface area (Å²) in [4.78, 5) is 9.74. The smallest absolute Gasteiger partial charge is 0.151 e. The zero-order chi connectivity index (χ0) is 17.3. The van der Waals surface area contributed by atoms with E-state index < -0.39 is 0 Å². The molecule has 0 aliphatic carbocycles. The van der Waals surface area contributed by atoms with Gasteiger partial charge in [-0.3, -0.25) is 4.98 Å². The Morgan fingerprint density at radius 3 is 2.76 bits per heavy atom. The average Bonchev–Trinajstić information content (AvgIpc) is 2.64. The number of benzene rings is 1. The van der Waals surface area contributed by atoms with E-state index in [0.717, 1.165) is 39.4 Å². The third kappa shape index (κ3) is 5.87. The Balaban J connectivity index is 1.51. The van der Waals surface area contributed by atoms with Crippen molar-refractivity contribution in [2.75, 3.05) is 6.61 Å². The molecule has 3 aromatic rings. The molecular formula is C20H19BrN2OS. The molecule has 0 saturated carbocycles. The van der Waals surface area contributed by atoms with Crippen LogP contribution in [-0.2, 0) is 6.42 Å². The van der Waals surface area contributed by atoms with E-state index in [1.807, 2.05) is 36.5 Å². The van der Waals surface area contributed by atoms with Gasteiger partial charge in [-0.2, -0.15) is 0 Å². The van der Waals surface area contributed by atoms with Crippen LogP contribution in [0.2, 0.25) is 0 Å². The van der Waals surface area contributed by atoms with Crippen molar-refractivity contribution in [3.63, 3.8) is 0 Å². The minimum Gasteiger partial charge on any atom is -0.491 e. The summed E-state index contributed by atoms with van der Waals surface area (Å²) in [5.74, 6) is 0.842. The molecule has 0 fully saturated rings. The summed E-state index contributed by atoms with van der Waals surface area (Å²) >= 11 is 5.12. The van der Waals surface area contributed by atoms with Crippen LogP contribution in [-0.4, -0.2) is 16.6 Å². The lowest BCUT2D eigenvalue weighted by Gasteiger charge is -2.10. The Bertz CT molecular complexity index is 798. The summed E-state index contributed by atoms with van der Waals surface area (Å²) in [6, 6.07) is 16.2. The molecular weight excluding hydrogens is 396 g/mol. The van der Waals surface area contributed by atoms with Gasteiger partial charge in [0.2, 0.25) is 0 Å². The Morgan fingerprint density at radius 1 is 1.00 bits per heavy atom. The number of ether oxygens (including phenoxy) is 1. The van der Waals surface area contributed by atoms with Crippen LogP contribution in [0.4, 0.5) is 0 Å². The van der Waals surface area contributed by atoms with Gasteiger partial charge >= 0.3 is 0 Å². The van der Waals surface area contributed by atoms with E-state index in [2.05, 4.69) is 44.1 Å². The second kappa shape index (κ2) is 9.59. The number of pyridine rings is 2. The van der Waals surface area contributed by atoms with Gasteiger partial charge in [0.15, 0.2) is 5.75 Å². The Kier molecular flexibility index (Phi) is 6.89. The fourth-order valence-electron chi connectivity index (χ4n) is 2.36. The monoisotopic (exact) mass is 414 g/mol. The molecule has 0 aliphatic heterocycles. The van der Waals surface area contributed by atoms with E-state index in [1.165, 1.54) is 5.56 Å². The van der Waals surface area contributed by atoms with Gasteiger partial charge in [0.05, 0.1) is 6.61 Å². The van der Waals surface area contributed by atoms with Gasteiger partial charge < -0.3 is 4.74 Å². The van der Waals surface area contributed by atoms with Crippen LogP contribution in [0.15, 0.2) is 81.5 Å². The first-order valence-corrected chi connectivity index (χ1v) is 9.82. The zero-order valence-corrected chi connectivity index (χ0v) is 16.2. The molecule has 0 atom stereocenters. The summed E-state index contributed by atoms with van der Waals surface area (Å²) in [7, 11) is 0. The molecule has 1 aromatic carbocycles. The molecule has 0 N–H and O–H groups in total. The maximum absolute atomic E-state index is 5.97. The van der Waals surface area contributed by atoms with Crippen molar-refractivity contribution in [2.45, 2.75) is 29.2 Å². The maximum atomic E-state index is 5.97. The van der Waals surface area contributed by atoms with Gasteiger partial charge in [-0.25, -0.2) is 4.98 Å². The van der Waals surface area contributed by atoms with Gasteiger partial charge in [0.25, 0.3) is 0 Å². The van der Waals surface area contributed by atoms with Gasteiger partial charge in [-0.05, 0) is 61.2 Å². The Hall–Kier alpha value is -1.85. The lowest BCUT2D eigenvalue weighted by molar-refractivity contribution is 0.298. The normalized spacial score (nSPS) is 10.6. The standard InChI is InChI=1S/C20H19BrN2OS/c21-17-8-3-9-18(14-17)25-20-19(10-5-12-23-20)24-13-2-1-6-16-7-4-11-22-15-16/h3-5,7-12,14-15H,1-2,6,13H2. The number of nitrogens with zero attached hydrogens (tertiary/aromatic N) is 2. The Labute approximate surface area is 161 Å². The SMILES string of the molecule is Brc1cccc(Sc2ncccc2OCCCCc2cccnc2)c1. The largest absolute Gasteiger partial charge is 0.491 e. The van der Waals surface area contributed by atoms with Crippen LogP contribution in [0, 0.1) is 0 Å². The number of unbranched alkanes of at least 4 members (excludes halogenated alkanes) is 1. The molecule has 3 nitrogen and oxygen atoms in total. The van der Waals surface area contributed by atoms with E-state index in [-0.39, 0.29) is 0 Å². The third-order valence-corrected chi connectivity index (χ3v) is 5.07. The van der Waals surface area contributed by atoms with E-state index in [9.17, 15) is 0 Å². The minimum atomic E-state index is 0.692. The molecule has 2 heterocycles. The van der Waals surface area contributed by atoms with E-state index in [1.54, 1.807) is 24.2 Å². The van der Waals surface area contributed by atoms with Crippen molar-refractivity contribution >= 4 is 27.7 Å². The van der Waals surface area contributed by atoms with Gasteiger partial charge in [-0.1, -0.05) is 39.8 Å². The molecule has 0 aliphatic rings. The van der Waals surface area contributed by atoms with E-state index in [0.29, 0.717) is 6.61 Å². The number of rotatable bonds is 8. The van der Waals surface area contributed by atoms with Crippen LogP contribution in [0.25, 0.3) is 0 Å². The van der Waals surface area contributed by atoms with Crippen molar-refractivity contribution in [3.8, 4) is 5.75 Å². The molecule has 2 aromatic heterocycles. The average molecular weight is 415 g/mol. The molecule has 0 unspecified atom stereocenters. The summed E-state index contributed by atoms with van der Waals surface area (Å²) in [5, 5.41) is 0.896. The molecule has 5 heteroatoms. The summed E-state index contributed by atoms with van der Waals surface area (Å²) < 4.78 is 7.03. The van der Waals surface area contributed by atoms with Crippen molar-refractivity contribution in [1.29, 1.82) is 0 Å². The van der Waals surface area contributed by atoms with E-state index >= 15 is 0 Å². The zero-order valence-electron chi connectivity index (χ0n) is 13.8. The number of halogens is 1. The molecule has 128 valence electrons. The highest BCUT2D eigenvalue weighted by Crippen LogP contribution is 2.34. The molecule has 0 bridgehead atoms. The first-order chi connectivity index (χ1) is 12.3. The highest BCUT2D eigenvalue weighted by Gasteiger charge is 2.07. The van der Waals surface area contributed by atoms with Crippen molar-refractivity contribution in [2.24, 2.45) is 0 Å². The first kappa shape index (κ1) is 18.0. The molecule has 0 saturated heterocycles. The quantitative estimate of drug-likeness (QED) is 0.436. The number of hydrogen-bond acceptors (Lipinski definition) is 4. The van der Waals surface area contributed by atoms with Crippen molar-refractivity contribution in [3.05, 3.63) is 77.2 Å². The lowest BCUT2D eigenvalue weighted by Crippen LogP contribution is -2.00. The second-order valence-corrected chi connectivity index (χ2v) is 7.51. The fourth-order valence-corrected chi connectivity index (χ4v) is 3.81. The maximum Gasteiger partial charge on any atom is 0.151 e. The number of aryl methyl sites for hydroxylation is 1. The topological polar surface area (TPSA) is 35.0 Å². The molecule has 0 spiro atoms. The molecule has 25 heavy (non-hydrogen) atoms. The summed E-state index contributed by atoms with van der Waals surface area (Å²) in [6.07, 6.45) is 8.65. The number of hydrogen-bond donors (Lipinski definition) is 0. The van der Waals surface area contributed by atoms with Gasteiger partial charge in [-0.15, -0.1) is 0 Å². The Morgan fingerprint density at radius 2 is 1.92 bits per heavy atom. The molecule has 0 radical (unpaired) electrons. The highest BCUT2D eigenvalue weighted by molar-refractivity contribution is 9.10. The van der Waals surface area contributed by atoms with Crippen LogP contribution < -0.4 is 4.74 Å². The lowest BCUT2D eigenvalue weighted by atomic mass is 10.1. The first-order valence-electron chi connectivity index (χ1n) is 8.21. The van der Waals surface area contributed by atoms with Crippen molar-refractivity contribution in [1.82, 2.24) is 9.97 Å². The van der Waals surface area contributed by atoms with Gasteiger partial charge in [0.1, 0.15) is 5.03 Å². The van der Waals surface area contributed by atoms with Crippen LogP contribution in [0.1, 0.15) is 18.4 Å². The van der Waals surface area contributed by atoms with Crippen LogP contribution in [0.5, 0.6) is 5.75 Å². The highest BCUT2D eigenvalue weighted by atomic mass is 79.9. The van der Waals surface area contributed by atoms with Crippen LogP contribution in [0.3, 0.4) is 0 Å². The predicted molar refractivity (Wildman–Crippen MR) is 105 cm³/mol. The predicted octanol–water partition coefficient (Wildman–Crippen LogP) is 5.79. The fraction of sp³-hybridized carbons (Fsp3) is 0.200. The molecule has 0 amide bonds. The number of aromatic nitrogens is 2. The van der Waals surface area contributed by atoms with E-state index in [4.69, 9.17) is 4.74 Å². The summed E-state index contributed by atoms with van der Waals surface area (Å²) in [5.41, 5.74) is 1.27. The summed E-state index contributed by atoms with van der Waals surface area (Å²) in [6.45, 7) is 0.692. The third-order valence-electron chi connectivity index (χ3n) is 3.59. The van der Waals surface area contributed by atoms with Crippen LogP contribution >= 0.6 is 27.7 Å². The van der Waals surface area contributed by atoms with Crippen molar-refractivity contribution < 1.29 is 4.74 Å². The molecule has 3 rings (SSSR count).